The maximum Gasteiger partial charge on any atom is 0.189 e. The summed E-state index contributed by atoms with van der Waals surface area (Å²) in [5.74, 6) is 1.31. The van der Waals surface area contributed by atoms with Gasteiger partial charge in [-0.2, -0.15) is 26.3 Å². The Labute approximate surface area is 561 Å². The maximum absolute atomic E-state index is 11.0. The SMILES string of the molecule is [C-]#[N+]c1cc(C#N)cc(-c2ccc3c(c2)c2cc(-c4cc(C#N)cc(C#N)c4)ccc2n3-c2cc(C#N)ccc2-c2ccc(-c3nc(-c4ccccc4)nc(-c4ccccc4)n3)cc2-n2c3ccc(-c4cc(C#N)cc([N+]#[C-])c4)cc3c3cc(-c4cc([N+]#[C-])cc([N+]#[C-])c4)ccc32)c1. The standard InChI is InChI=1S/C84H40N14/c1-90-66-32-53(48-88)30-63(35-66)58-18-24-77-73(40-58)72-39-57(62-28-51(46-86)27-52(29-62)47-87)17-23-76(72)97(77)80-34-50(45-85)15-21-70(80)71-22-16-61(84-95-82(55-11-7-5-8-12-55)94-83(96-84)56-13-9-6-10-14-56)43-81(71)98-78-25-19-59(64-31-54(49-89)33-67(36-64)91-2)41-74(78)75-42-60(20-26-79(75)98)65-37-68(92-3)44-69(38-65)93-4/h5-44H. The average molecular weight is 1250 g/mol. The molecule has 0 atom stereocenters. The van der Waals surface area contributed by atoms with Crippen LogP contribution in [0.2, 0.25) is 0 Å². The Morgan fingerprint density at radius 1 is 0.255 bits per heavy atom. The zero-order valence-electron chi connectivity index (χ0n) is 51.4. The van der Waals surface area contributed by atoms with Gasteiger partial charge in [0.2, 0.25) is 0 Å². The number of aromatic nitrogens is 5. The van der Waals surface area contributed by atoms with Crippen LogP contribution in [0.1, 0.15) is 27.8 Å². The van der Waals surface area contributed by atoms with Gasteiger partial charge in [0.1, 0.15) is 0 Å². The highest BCUT2D eigenvalue weighted by Gasteiger charge is 2.25. The van der Waals surface area contributed by atoms with Crippen molar-refractivity contribution in [2.75, 3.05) is 0 Å². The smallest absolute Gasteiger partial charge is 0.189 e. The van der Waals surface area contributed by atoms with Gasteiger partial charge in [-0.25, -0.2) is 34.3 Å². The minimum atomic E-state index is 0.310. The number of hydrogen-bond donors (Lipinski definition) is 0. The first-order valence-corrected chi connectivity index (χ1v) is 30.5. The van der Waals surface area contributed by atoms with Crippen LogP contribution < -0.4 is 0 Å². The summed E-state index contributed by atoms with van der Waals surface area (Å²) in [6.07, 6.45) is 0. The molecule has 0 unspecified atom stereocenters. The third kappa shape index (κ3) is 10.5. The van der Waals surface area contributed by atoms with E-state index >= 15 is 0 Å². The van der Waals surface area contributed by atoms with Crippen molar-refractivity contribution in [1.29, 1.82) is 26.3 Å². The van der Waals surface area contributed by atoms with Crippen molar-refractivity contribution in [1.82, 2.24) is 24.1 Å². The number of nitriles is 5. The second-order valence-corrected chi connectivity index (χ2v) is 23.2. The molecule has 15 rings (SSSR count). The summed E-state index contributed by atoms with van der Waals surface area (Å²) >= 11 is 0. The predicted molar refractivity (Wildman–Crippen MR) is 381 cm³/mol. The van der Waals surface area contributed by atoms with Crippen molar-refractivity contribution >= 4 is 66.4 Å². The highest BCUT2D eigenvalue weighted by atomic mass is 15.0. The molecule has 14 nitrogen and oxygen atoms in total. The van der Waals surface area contributed by atoms with Gasteiger partial charge in [-0.1, -0.05) is 121 Å². The molecule has 0 aliphatic rings. The summed E-state index contributed by atoms with van der Waals surface area (Å²) in [4.78, 5) is 30.3. The fraction of sp³-hybridized carbons (Fsp3) is 0. The van der Waals surface area contributed by atoms with E-state index in [4.69, 9.17) is 41.2 Å². The maximum atomic E-state index is 11.0. The van der Waals surface area contributed by atoms with E-state index in [1.165, 1.54) is 0 Å². The monoisotopic (exact) mass is 1240 g/mol. The number of hydrogen-bond acceptors (Lipinski definition) is 8. The Hall–Kier alpha value is -15.3. The summed E-state index contributed by atoms with van der Waals surface area (Å²) in [7, 11) is 0. The van der Waals surface area contributed by atoms with Crippen molar-refractivity contribution in [3.8, 4) is 132 Å². The van der Waals surface area contributed by atoms with Crippen LogP contribution in [0.3, 0.4) is 0 Å². The first kappa shape index (κ1) is 59.0. The minimum Gasteiger partial charge on any atom is -0.309 e. The van der Waals surface area contributed by atoms with Crippen LogP contribution in [-0.2, 0) is 0 Å². The molecule has 12 aromatic carbocycles. The molecule has 14 heteroatoms. The van der Waals surface area contributed by atoms with Crippen LogP contribution in [-0.4, -0.2) is 24.1 Å². The Kier molecular flexibility index (Phi) is 14.7. The summed E-state index contributed by atoms with van der Waals surface area (Å²) in [5, 5.41) is 54.7. The molecule has 3 heterocycles. The van der Waals surface area contributed by atoms with E-state index in [1.807, 2.05) is 146 Å². The third-order valence-electron chi connectivity index (χ3n) is 17.4. The van der Waals surface area contributed by atoms with Crippen LogP contribution in [0.5, 0.6) is 0 Å². The summed E-state index contributed by atoms with van der Waals surface area (Å²) in [6.45, 7) is 31.8. The van der Waals surface area contributed by atoms with Gasteiger partial charge < -0.3 is 9.13 Å². The first-order chi connectivity index (χ1) is 48.0. The van der Waals surface area contributed by atoms with Gasteiger partial charge in [-0.05, 0) is 166 Å². The molecular weight excluding hydrogens is 1210 g/mol. The molecule has 0 aliphatic heterocycles. The molecule has 0 saturated heterocycles. The van der Waals surface area contributed by atoms with E-state index < -0.39 is 0 Å². The first-order valence-electron chi connectivity index (χ1n) is 30.5. The van der Waals surface area contributed by atoms with Crippen molar-refractivity contribution in [2.24, 2.45) is 0 Å². The second kappa shape index (κ2) is 24.4. The van der Waals surface area contributed by atoms with E-state index in [-0.39, 0.29) is 0 Å². The lowest BCUT2D eigenvalue weighted by Gasteiger charge is -2.20. The number of fused-ring (bicyclic) bond motifs is 6. The van der Waals surface area contributed by atoms with E-state index in [0.29, 0.717) is 113 Å². The van der Waals surface area contributed by atoms with Gasteiger partial charge in [0.15, 0.2) is 40.2 Å². The van der Waals surface area contributed by atoms with Gasteiger partial charge in [0.05, 0.1) is 107 Å². The number of benzene rings is 12. The quantitative estimate of drug-likeness (QED) is 0.121. The zero-order valence-corrected chi connectivity index (χ0v) is 51.4. The summed E-state index contributed by atoms with van der Waals surface area (Å²) in [5.41, 5.74) is 16.5. The lowest BCUT2D eigenvalue weighted by molar-refractivity contribution is 1.07. The molecule has 0 N–H and O–H groups in total. The fourth-order valence-corrected chi connectivity index (χ4v) is 12.9. The largest absolute Gasteiger partial charge is 0.309 e. The molecule has 0 amide bonds. The Balaban J connectivity index is 1.05. The second-order valence-electron chi connectivity index (χ2n) is 23.2. The van der Waals surface area contributed by atoms with E-state index in [2.05, 4.69) is 77.1 Å². The molecule has 446 valence electrons. The Morgan fingerprint density at radius 2 is 0.571 bits per heavy atom. The number of rotatable bonds is 10. The van der Waals surface area contributed by atoms with Gasteiger partial charge >= 0.3 is 0 Å². The molecule has 0 aliphatic carbocycles. The zero-order chi connectivity index (χ0) is 67.1. The van der Waals surface area contributed by atoms with E-state index in [1.54, 1.807) is 78.9 Å². The third-order valence-corrected chi connectivity index (χ3v) is 17.4. The molecule has 15 aromatic rings. The molecule has 0 bridgehead atoms. The summed E-state index contributed by atoms with van der Waals surface area (Å²) in [6, 6.07) is 86.9. The predicted octanol–water partition coefficient (Wildman–Crippen LogP) is 21.0. The molecular formula is C84H40N14. The fourth-order valence-electron chi connectivity index (χ4n) is 12.9. The topological polar surface area (TPSA) is 185 Å². The summed E-state index contributed by atoms with van der Waals surface area (Å²) < 4.78 is 4.32. The Morgan fingerprint density at radius 3 is 0.949 bits per heavy atom. The van der Waals surface area contributed by atoms with Crippen molar-refractivity contribution < 1.29 is 0 Å². The van der Waals surface area contributed by atoms with Crippen molar-refractivity contribution in [2.45, 2.75) is 0 Å². The van der Waals surface area contributed by atoms with Crippen LogP contribution >= 0.6 is 0 Å². The van der Waals surface area contributed by atoms with E-state index in [0.717, 1.165) is 82.6 Å². The van der Waals surface area contributed by atoms with Gasteiger partial charge in [0.25, 0.3) is 0 Å². The molecule has 0 radical (unpaired) electrons. The number of nitrogens with zero attached hydrogens (tertiary/aromatic N) is 14. The Bertz CT molecular complexity index is 5920. The van der Waals surface area contributed by atoms with Gasteiger partial charge in [-0.3, -0.25) is 0 Å². The normalized spacial score (nSPS) is 10.8. The van der Waals surface area contributed by atoms with Gasteiger partial charge in [0, 0.05) is 60.5 Å². The van der Waals surface area contributed by atoms with Crippen molar-refractivity contribution in [3.05, 3.63) is 316 Å². The average Bonchev–Trinajstić information content (AvgIpc) is 1.55. The van der Waals surface area contributed by atoms with Gasteiger partial charge in [-0.15, -0.1) is 0 Å². The molecule has 98 heavy (non-hydrogen) atoms. The lowest BCUT2D eigenvalue weighted by atomic mass is 9.97. The minimum absolute atomic E-state index is 0.310. The van der Waals surface area contributed by atoms with Crippen LogP contribution in [0.25, 0.3) is 164 Å². The van der Waals surface area contributed by atoms with Crippen LogP contribution in [0, 0.1) is 82.9 Å². The van der Waals surface area contributed by atoms with Crippen LogP contribution in [0.4, 0.5) is 22.7 Å². The van der Waals surface area contributed by atoms with Crippen molar-refractivity contribution in [3.63, 3.8) is 0 Å². The molecule has 0 saturated carbocycles. The van der Waals surface area contributed by atoms with E-state index in [9.17, 15) is 26.3 Å². The molecule has 3 aromatic heterocycles. The lowest BCUT2D eigenvalue weighted by Crippen LogP contribution is -2.04. The molecule has 0 spiro atoms. The highest BCUT2D eigenvalue weighted by Crippen LogP contribution is 2.46. The molecule has 0 fully saturated rings. The van der Waals surface area contributed by atoms with Crippen LogP contribution in [0.15, 0.2) is 243 Å². The highest BCUT2D eigenvalue weighted by molar-refractivity contribution is 6.14.